The Morgan fingerprint density at radius 1 is 0.861 bits per heavy atom. The highest BCUT2D eigenvalue weighted by atomic mass is 32.1. The van der Waals surface area contributed by atoms with Crippen LogP contribution in [0, 0.1) is 13.8 Å². The van der Waals surface area contributed by atoms with E-state index >= 15 is 0 Å². The average Bonchev–Trinajstić information content (AvgIpc) is 3.24. The Hall–Kier alpha value is -2.96. The first kappa shape index (κ1) is 24.7. The minimum absolute atomic E-state index is 0.0537. The summed E-state index contributed by atoms with van der Waals surface area (Å²) < 4.78 is 0. The van der Waals surface area contributed by atoms with E-state index in [-0.39, 0.29) is 23.9 Å². The second-order valence-corrected chi connectivity index (χ2v) is 11.1. The molecule has 2 atom stereocenters. The van der Waals surface area contributed by atoms with Gasteiger partial charge in [0.05, 0.1) is 12.1 Å². The van der Waals surface area contributed by atoms with E-state index in [0.29, 0.717) is 26.2 Å². The SMILES string of the molecule is Cc1ccc(C(=O)N2CCCN(C(=O)C(C)N3CCc4sccc4C3c3ccccc3C)CC2)cc1. The molecule has 0 aliphatic carbocycles. The lowest BCUT2D eigenvalue weighted by Crippen LogP contribution is -2.51. The Morgan fingerprint density at radius 3 is 2.36 bits per heavy atom. The molecule has 5 rings (SSSR count). The summed E-state index contributed by atoms with van der Waals surface area (Å²) in [5.41, 5.74) is 5.73. The van der Waals surface area contributed by atoms with Gasteiger partial charge in [-0.3, -0.25) is 14.5 Å². The molecule has 1 saturated heterocycles. The molecule has 36 heavy (non-hydrogen) atoms. The fourth-order valence-electron chi connectivity index (χ4n) is 5.62. The highest BCUT2D eigenvalue weighted by molar-refractivity contribution is 7.10. The van der Waals surface area contributed by atoms with E-state index in [0.717, 1.165) is 30.5 Å². The van der Waals surface area contributed by atoms with Gasteiger partial charge in [0, 0.05) is 43.2 Å². The molecule has 0 saturated carbocycles. The van der Waals surface area contributed by atoms with E-state index in [4.69, 9.17) is 0 Å². The molecule has 2 aromatic carbocycles. The summed E-state index contributed by atoms with van der Waals surface area (Å²) in [6, 6.07) is 18.4. The Morgan fingerprint density at radius 2 is 1.58 bits per heavy atom. The van der Waals surface area contributed by atoms with Crippen LogP contribution in [0.1, 0.15) is 56.9 Å². The number of aryl methyl sites for hydroxylation is 2. The van der Waals surface area contributed by atoms with E-state index in [1.807, 2.05) is 52.3 Å². The van der Waals surface area contributed by atoms with Crippen molar-refractivity contribution in [2.24, 2.45) is 0 Å². The molecule has 188 valence electrons. The molecule has 2 amide bonds. The van der Waals surface area contributed by atoms with Crippen LogP contribution in [0.5, 0.6) is 0 Å². The number of rotatable bonds is 4. The van der Waals surface area contributed by atoms with Crippen molar-refractivity contribution in [3.05, 3.63) is 92.7 Å². The number of fused-ring (bicyclic) bond motifs is 1. The molecular formula is C30H35N3O2S. The third-order valence-corrected chi connectivity index (χ3v) is 8.73. The normalized spacial score (nSPS) is 19.5. The highest BCUT2D eigenvalue weighted by Crippen LogP contribution is 2.40. The van der Waals surface area contributed by atoms with Crippen molar-refractivity contribution in [1.29, 1.82) is 0 Å². The Labute approximate surface area is 218 Å². The fourth-order valence-corrected chi connectivity index (χ4v) is 6.52. The number of amides is 2. The minimum atomic E-state index is -0.234. The quantitative estimate of drug-likeness (QED) is 0.501. The first-order valence-corrected chi connectivity index (χ1v) is 13.8. The molecule has 3 heterocycles. The van der Waals surface area contributed by atoms with Crippen molar-refractivity contribution in [1.82, 2.24) is 14.7 Å². The summed E-state index contributed by atoms with van der Waals surface area (Å²) in [7, 11) is 0. The van der Waals surface area contributed by atoms with Gasteiger partial charge in [-0.1, -0.05) is 42.0 Å². The summed E-state index contributed by atoms with van der Waals surface area (Å²) in [6.45, 7) is 9.63. The molecule has 2 unspecified atom stereocenters. The van der Waals surface area contributed by atoms with Crippen LogP contribution in [-0.4, -0.2) is 65.3 Å². The van der Waals surface area contributed by atoms with E-state index in [9.17, 15) is 9.59 Å². The molecule has 0 N–H and O–H groups in total. The fraction of sp³-hybridized carbons (Fsp3) is 0.400. The first-order chi connectivity index (χ1) is 17.4. The lowest BCUT2D eigenvalue weighted by Gasteiger charge is -2.41. The smallest absolute Gasteiger partial charge is 0.253 e. The largest absolute Gasteiger partial charge is 0.340 e. The summed E-state index contributed by atoms with van der Waals surface area (Å²) in [4.78, 5) is 34.6. The van der Waals surface area contributed by atoms with Crippen LogP contribution in [0.4, 0.5) is 0 Å². The van der Waals surface area contributed by atoms with E-state index in [1.54, 1.807) is 0 Å². The molecule has 0 radical (unpaired) electrons. The first-order valence-electron chi connectivity index (χ1n) is 13.0. The van der Waals surface area contributed by atoms with Crippen LogP contribution in [0.15, 0.2) is 60.0 Å². The number of thiophene rings is 1. The molecule has 6 heteroatoms. The topological polar surface area (TPSA) is 43.9 Å². The zero-order chi connectivity index (χ0) is 25.2. The van der Waals surface area contributed by atoms with Gasteiger partial charge in [-0.15, -0.1) is 11.3 Å². The predicted octanol–water partition coefficient (Wildman–Crippen LogP) is 5.08. The predicted molar refractivity (Wildman–Crippen MR) is 145 cm³/mol. The number of hydrogen-bond donors (Lipinski definition) is 0. The van der Waals surface area contributed by atoms with Crippen LogP contribution in [-0.2, 0) is 11.2 Å². The van der Waals surface area contributed by atoms with Gasteiger partial charge in [-0.25, -0.2) is 0 Å². The molecule has 0 spiro atoms. The Kier molecular flexibility index (Phi) is 7.26. The number of carbonyl (C=O) groups is 2. The van der Waals surface area contributed by atoms with Crippen LogP contribution in [0.3, 0.4) is 0 Å². The van der Waals surface area contributed by atoms with Crippen LogP contribution < -0.4 is 0 Å². The molecule has 3 aromatic rings. The van der Waals surface area contributed by atoms with Gasteiger partial charge in [0.2, 0.25) is 5.91 Å². The average molecular weight is 502 g/mol. The zero-order valence-corrected chi connectivity index (χ0v) is 22.3. The third-order valence-electron chi connectivity index (χ3n) is 7.73. The monoisotopic (exact) mass is 501 g/mol. The standard InChI is InChI=1S/C30H35N3O2S/c1-21-9-11-24(12-10-21)30(35)32-16-6-15-31(18-19-32)29(34)23(3)33-17-13-27-26(14-20-36-27)28(33)25-8-5-4-7-22(25)2/h4-5,7-12,14,20,23,28H,6,13,15-19H2,1-3H3. The minimum Gasteiger partial charge on any atom is -0.340 e. The summed E-state index contributed by atoms with van der Waals surface area (Å²) in [6.07, 6.45) is 1.78. The van der Waals surface area contributed by atoms with Gasteiger partial charge in [-0.05, 0) is 73.9 Å². The molecule has 0 bridgehead atoms. The van der Waals surface area contributed by atoms with E-state index in [2.05, 4.69) is 54.5 Å². The second kappa shape index (κ2) is 10.6. The van der Waals surface area contributed by atoms with Crippen molar-refractivity contribution >= 4 is 23.2 Å². The molecule has 1 fully saturated rings. The van der Waals surface area contributed by atoms with E-state index < -0.39 is 0 Å². The molecule has 1 aromatic heterocycles. The van der Waals surface area contributed by atoms with Crippen LogP contribution in [0.25, 0.3) is 0 Å². The lowest BCUT2D eigenvalue weighted by molar-refractivity contribution is -0.137. The third kappa shape index (κ3) is 4.84. The maximum absolute atomic E-state index is 13.8. The van der Waals surface area contributed by atoms with Crippen molar-refractivity contribution in [2.75, 3.05) is 32.7 Å². The summed E-state index contributed by atoms with van der Waals surface area (Å²) in [5, 5.41) is 2.18. The van der Waals surface area contributed by atoms with Crippen LogP contribution in [0.2, 0.25) is 0 Å². The number of benzene rings is 2. The second-order valence-electron chi connectivity index (χ2n) is 10.1. The van der Waals surface area contributed by atoms with Crippen molar-refractivity contribution in [3.8, 4) is 0 Å². The van der Waals surface area contributed by atoms with Crippen molar-refractivity contribution in [2.45, 2.75) is 45.7 Å². The zero-order valence-electron chi connectivity index (χ0n) is 21.4. The van der Waals surface area contributed by atoms with Crippen molar-refractivity contribution in [3.63, 3.8) is 0 Å². The Bertz CT molecular complexity index is 1240. The number of hydrogen-bond acceptors (Lipinski definition) is 4. The molecular weight excluding hydrogens is 466 g/mol. The Balaban J connectivity index is 1.32. The highest BCUT2D eigenvalue weighted by Gasteiger charge is 2.37. The van der Waals surface area contributed by atoms with Gasteiger partial charge in [0.25, 0.3) is 5.91 Å². The van der Waals surface area contributed by atoms with Gasteiger partial charge >= 0.3 is 0 Å². The summed E-state index contributed by atoms with van der Waals surface area (Å²) in [5.74, 6) is 0.217. The molecule has 5 nitrogen and oxygen atoms in total. The van der Waals surface area contributed by atoms with Crippen LogP contribution >= 0.6 is 11.3 Å². The van der Waals surface area contributed by atoms with Gasteiger partial charge in [0.15, 0.2) is 0 Å². The maximum atomic E-state index is 13.8. The van der Waals surface area contributed by atoms with Gasteiger partial charge in [-0.2, -0.15) is 0 Å². The van der Waals surface area contributed by atoms with E-state index in [1.165, 1.54) is 21.6 Å². The lowest BCUT2D eigenvalue weighted by atomic mass is 9.89. The summed E-state index contributed by atoms with van der Waals surface area (Å²) >= 11 is 1.82. The maximum Gasteiger partial charge on any atom is 0.253 e. The van der Waals surface area contributed by atoms with Gasteiger partial charge in [0.1, 0.15) is 0 Å². The number of carbonyl (C=O) groups excluding carboxylic acids is 2. The molecule has 2 aliphatic rings. The number of nitrogens with zero attached hydrogens (tertiary/aromatic N) is 3. The van der Waals surface area contributed by atoms with Crippen molar-refractivity contribution < 1.29 is 9.59 Å². The molecule has 2 aliphatic heterocycles. The van der Waals surface area contributed by atoms with Gasteiger partial charge < -0.3 is 9.80 Å².